The zero-order chi connectivity index (χ0) is 9.71. The Hall–Kier alpha value is -1.06. The highest BCUT2D eigenvalue weighted by Gasteiger charge is 2.50. The van der Waals surface area contributed by atoms with Crippen molar-refractivity contribution in [3.05, 3.63) is 0 Å². The van der Waals surface area contributed by atoms with E-state index in [9.17, 15) is 0 Å². The summed E-state index contributed by atoms with van der Waals surface area (Å²) in [6.07, 6.45) is 4.38. The predicted octanol–water partition coefficient (Wildman–Crippen LogP) is 1.71. The Morgan fingerprint density at radius 2 is 1.43 bits per heavy atom. The summed E-state index contributed by atoms with van der Waals surface area (Å²) in [5.74, 6) is 1.81. The fraction of sp³-hybridized carbons (Fsp3) is 0.800. The molecule has 76 valence electrons. The average molecular weight is 194 g/mol. The minimum absolute atomic E-state index is 0.140. The second-order valence-electron chi connectivity index (χ2n) is 4.80. The Bertz CT molecular complexity index is 296. The minimum Gasteiger partial charge on any atom is -0.411 e. The molecule has 0 aromatic heterocycles. The highest BCUT2D eigenvalue weighted by Crippen LogP contribution is 2.50. The standard InChI is InChI=1S/C10H14N2O2/c13-11-9-6-1-5-2-7(4-6)10(12-14)8(9)3-5/h5-8,13-14H,1-4H2. The molecule has 4 rings (SSSR count). The molecule has 4 saturated carbocycles. The summed E-state index contributed by atoms with van der Waals surface area (Å²) in [5, 5.41) is 24.7. The van der Waals surface area contributed by atoms with Crippen molar-refractivity contribution in [2.45, 2.75) is 25.7 Å². The number of hydrogen-bond donors (Lipinski definition) is 2. The number of rotatable bonds is 0. The average Bonchev–Trinajstić information content (AvgIpc) is 2.17. The lowest BCUT2D eigenvalue weighted by molar-refractivity contribution is 0.181. The van der Waals surface area contributed by atoms with Gasteiger partial charge in [-0.3, -0.25) is 0 Å². The van der Waals surface area contributed by atoms with E-state index in [0.29, 0.717) is 11.8 Å². The van der Waals surface area contributed by atoms with Gasteiger partial charge in [-0.25, -0.2) is 0 Å². The maximum atomic E-state index is 8.96. The van der Waals surface area contributed by atoms with Crippen LogP contribution in [0.1, 0.15) is 25.7 Å². The van der Waals surface area contributed by atoms with Gasteiger partial charge in [0.1, 0.15) is 0 Å². The van der Waals surface area contributed by atoms with Crippen molar-refractivity contribution >= 4 is 11.4 Å². The van der Waals surface area contributed by atoms with Crippen LogP contribution in [-0.2, 0) is 0 Å². The van der Waals surface area contributed by atoms with E-state index in [1.54, 1.807) is 0 Å². The Kier molecular flexibility index (Phi) is 1.60. The van der Waals surface area contributed by atoms with E-state index in [1.807, 2.05) is 0 Å². The lowest BCUT2D eigenvalue weighted by Crippen LogP contribution is -2.51. The third-order valence-corrected chi connectivity index (χ3v) is 4.16. The maximum Gasteiger partial charge on any atom is 0.0690 e. The maximum absolute atomic E-state index is 8.96. The van der Waals surface area contributed by atoms with E-state index in [4.69, 9.17) is 10.4 Å². The third kappa shape index (κ3) is 0.885. The van der Waals surface area contributed by atoms with Crippen LogP contribution in [0.5, 0.6) is 0 Å². The summed E-state index contributed by atoms with van der Waals surface area (Å²) in [7, 11) is 0. The van der Waals surface area contributed by atoms with E-state index in [0.717, 1.165) is 30.2 Å². The SMILES string of the molecule is ON=C1C2CC3CC(C2)C(=NO)C1C3. The zero-order valence-electron chi connectivity index (χ0n) is 7.93. The van der Waals surface area contributed by atoms with E-state index in [1.165, 1.54) is 12.8 Å². The molecule has 2 N–H and O–H groups in total. The van der Waals surface area contributed by atoms with Crippen LogP contribution < -0.4 is 0 Å². The molecule has 4 bridgehead atoms. The van der Waals surface area contributed by atoms with Gasteiger partial charge in [-0.1, -0.05) is 10.3 Å². The van der Waals surface area contributed by atoms with Gasteiger partial charge in [0, 0.05) is 17.8 Å². The predicted molar refractivity (Wildman–Crippen MR) is 50.9 cm³/mol. The Balaban J connectivity index is 2.03. The third-order valence-electron chi connectivity index (χ3n) is 4.16. The highest BCUT2D eigenvalue weighted by molar-refractivity contribution is 6.12. The first-order chi connectivity index (χ1) is 6.83. The van der Waals surface area contributed by atoms with Gasteiger partial charge in [-0.2, -0.15) is 0 Å². The first-order valence-electron chi connectivity index (χ1n) is 5.27. The zero-order valence-corrected chi connectivity index (χ0v) is 7.93. The normalized spacial score (nSPS) is 50.6. The molecule has 0 aromatic rings. The lowest BCUT2D eigenvalue weighted by atomic mass is 9.54. The minimum atomic E-state index is 0.140. The largest absolute Gasteiger partial charge is 0.411 e. The van der Waals surface area contributed by atoms with Crippen LogP contribution >= 0.6 is 0 Å². The van der Waals surface area contributed by atoms with Crippen molar-refractivity contribution in [1.29, 1.82) is 0 Å². The molecule has 0 saturated heterocycles. The molecule has 0 heterocycles. The van der Waals surface area contributed by atoms with E-state index in [-0.39, 0.29) is 5.92 Å². The van der Waals surface area contributed by atoms with Gasteiger partial charge in [-0.05, 0) is 31.6 Å². The Labute approximate surface area is 82.3 Å². The van der Waals surface area contributed by atoms with Gasteiger partial charge in [0.25, 0.3) is 0 Å². The summed E-state index contributed by atoms with van der Waals surface area (Å²) < 4.78 is 0. The first-order valence-corrected chi connectivity index (χ1v) is 5.27. The Morgan fingerprint density at radius 1 is 0.857 bits per heavy atom. The molecule has 0 spiro atoms. The monoisotopic (exact) mass is 194 g/mol. The fourth-order valence-electron chi connectivity index (χ4n) is 3.71. The molecule has 4 fully saturated rings. The van der Waals surface area contributed by atoms with Crippen molar-refractivity contribution in [2.24, 2.45) is 34.0 Å². The number of oxime groups is 2. The van der Waals surface area contributed by atoms with E-state index < -0.39 is 0 Å². The lowest BCUT2D eigenvalue weighted by Gasteiger charge is -2.49. The topological polar surface area (TPSA) is 65.2 Å². The van der Waals surface area contributed by atoms with Gasteiger partial charge in [-0.15, -0.1) is 0 Å². The molecule has 0 aliphatic heterocycles. The summed E-state index contributed by atoms with van der Waals surface area (Å²) in [5.41, 5.74) is 1.73. The van der Waals surface area contributed by atoms with E-state index in [2.05, 4.69) is 10.3 Å². The highest BCUT2D eigenvalue weighted by atomic mass is 16.4. The van der Waals surface area contributed by atoms with Crippen LogP contribution in [0.3, 0.4) is 0 Å². The fourth-order valence-corrected chi connectivity index (χ4v) is 3.71. The van der Waals surface area contributed by atoms with Crippen molar-refractivity contribution < 1.29 is 10.4 Å². The molecule has 4 aliphatic carbocycles. The van der Waals surface area contributed by atoms with Crippen LogP contribution in [0.2, 0.25) is 0 Å². The molecule has 0 aromatic carbocycles. The van der Waals surface area contributed by atoms with Crippen LogP contribution in [0, 0.1) is 23.7 Å². The summed E-state index contributed by atoms with van der Waals surface area (Å²) in [4.78, 5) is 0. The van der Waals surface area contributed by atoms with Crippen LogP contribution in [0.4, 0.5) is 0 Å². The van der Waals surface area contributed by atoms with Crippen molar-refractivity contribution in [3.63, 3.8) is 0 Å². The molecule has 2 unspecified atom stereocenters. The second kappa shape index (κ2) is 2.72. The van der Waals surface area contributed by atoms with Crippen LogP contribution in [0.15, 0.2) is 10.3 Å². The van der Waals surface area contributed by atoms with Crippen molar-refractivity contribution in [3.8, 4) is 0 Å². The molecule has 4 aliphatic rings. The van der Waals surface area contributed by atoms with Gasteiger partial charge in [0.15, 0.2) is 0 Å². The summed E-state index contributed by atoms with van der Waals surface area (Å²) in [6, 6.07) is 0. The molecule has 4 nitrogen and oxygen atoms in total. The van der Waals surface area contributed by atoms with Gasteiger partial charge >= 0.3 is 0 Å². The molecule has 14 heavy (non-hydrogen) atoms. The summed E-state index contributed by atoms with van der Waals surface area (Å²) >= 11 is 0. The van der Waals surface area contributed by atoms with E-state index >= 15 is 0 Å². The summed E-state index contributed by atoms with van der Waals surface area (Å²) in [6.45, 7) is 0. The molecular formula is C10H14N2O2. The van der Waals surface area contributed by atoms with Gasteiger partial charge in [0.05, 0.1) is 11.4 Å². The van der Waals surface area contributed by atoms with Gasteiger partial charge < -0.3 is 10.4 Å². The Morgan fingerprint density at radius 3 is 1.93 bits per heavy atom. The molecular weight excluding hydrogens is 180 g/mol. The second-order valence-corrected chi connectivity index (χ2v) is 4.80. The number of hydrogen-bond acceptors (Lipinski definition) is 4. The van der Waals surface area contributed by atoms with Crippen molar-refractivity contribution in [2.75, 3.05) is 0 Å². The molecule has 0 amide bonds. The number of nitrogens with zero attached hydrogens (tertiary/aromatic N) is 2. The molecule has 2 atom stereocenters. The van der Waals surface area contributed by atoms with Gasteiger partial charge in [0.2, 0.25) is 0 Å². The quantitative estimate of drug-likeness (QED) is 0.455. The smallest absolute Gasteiger partial charge is 0.0690 e. The molecule has 4 heteroatoms. The molecule has 0 radical (unpaired) electrons. The van der Waals surface area contributed by atoms with Crippen LogP contribution in [-0.4, -0.2) is 21.8 Å². The first kappa shape index (κ1) is 8.26. The van der Waals surface area contributed by atoms with Crippen molar-refractivity contribution in [1.82, 2.24) is 0 Å². The van der Waals surface area contributed by atoms with Crippen LogP contribution in [0.25, 0.3) is 0 Å².